The van der Waals surface area contributed by atoms with Gasteiger partial charge in [-0.05, 0) is 73.3 Å². The Bertz CT molecular complexity index is 1200. The largest absolute Gasteiger partial charge is 0.496 e. The van der Waals surface area contributed by atoms with E-state index in [1.54, 1.807) is 6.08 Å². The summed E-state index contributed by atoms with van der Waals surface area (Å²) in [7, 11) is 1.51. The number of benzene rings is 3. The lowest BCUT2D eigenvalue weighted by Crippen LogP contribution is -2.29. The van der Waals surface area contributed by atoms with E-state index in [9.17, 15) is 13.2 Å². The number of ether oxygens (including phenoxy) is 1. The first-order chi connectivity index (χ1) is 16.8. The lowest BCUT2D eigenvalue weighted by molar-refractivity contribution is -0.137. The van der Waals surface area contributed by atoms with Crippen LogP contribution in [0.5, 0.6) is 5.75 Å². The van der Waals surface area contributed by atoms with Crippen molar-refractivity contribution in [1.29, 1.82) is 0 Å². The van der Waals surface area contributed by atoms with E-state index in [0.717, 1.165) is 48.2 Å². The Morgan fingerprint density at radius 2 is 1.71 bits per heavy atom. The van der Waals surface area contributed by atoms with Crippen molar-refractivity contribution in [2.45, 2.75) is 38.9 Å². The SMILES string of the molecule is COc1cc(/C(Br)=C/c2cccc(-c3ccccc3)c2C)c(C(F)(F)F)cc1CN1CCCCC1. The summed E-state index contributed by atoms with van der Waals surface area (Å²) in [6.45, 7) is 4.23. The van der Waals surface area contributed by atoms with Crippen molar-refractivity contribution < 1.29 is 17.9 Å². The zero-order valence-electron chi connectivity index (χ0n) is 20.0. The van der Waals surface area contributed by atoms with Gasteiger partial charge in [0.2, 0.25) is 0 Å². The number of likely N-dealkylation sites (tertiary alicyclic amines) is 1. The molecule has 3 aromatic carbocycles. The van der Waals surface area contributed by atoms with E-state index in [1.807, 2.05) is 55.5 Å². The third-order valence-electron chi connectivity index (χ3n) is 6.57. The Kier molecular flexibility index (Phi) is 8.02. The number of hydrogen-bond acceptors (Lipinski definition) is 2. The van der Waals surface area contributed by atoms with Gasteiger partial charge in [0.05, 0.1) is 12.7 Å². The van der Waals surface area contributed by atoms with E-state index in [-0.39, 0.29) is 5.56 Å². The van der Waals surface area contributed by atoms with Crippen molar-refractivity contribution in [3.05, 3.63) is 88.5 Å². The van der Waals surface area contributed by atoms with E-state index in [2.05, 4.69) is 20.8 Å². The van der Waals surface area contributed by atoms with Gasteiger partial charge in [-0.3, -0.25) is 4.90 Å². The molecule has 1 aliphatic rings. The van der Waals surface area contributed by atoms with Gasteiger partial charge in [0, 0.05) is 22.2 Å². The Balaban J connectivity index is 1.76. The zero-order chi connectivity index (χ0) is 25.0. The van der Waals surface area contributed by atoms with E-state index in [1.165, 1.54) is 25.7 Å². The molecule has 0 amide bonds. The first kappa shape index (κ1) is 25.5. The highest BCUT2D eigenvalue weighted by Crippen LogP contribution is 2.42. The van der Waals surface area contributed by atoms with Crippen LogP contribution in [0.1, 0.15) is 47.1 Å². The average Bonchev–Trinajstić information content (AvgIpc) is 2.85. The van der Waals surface area contributed by atoms with Crippen LogP contribution < -0.4 is 4.74 Å². The lowest BCUT2D eigenvalue weighted by atomic mass is 9.95. The fourth-order valence-corrected chi connectivity index (χ4v) is 5.26. The standard InChI is InChI=1S/C29H29BrF3NO/c1-20-22(12-9-13-24(20)21-10-5-3-6-11-21)17-27(30)25-18-28(35-2)23(16-26(25)29(31,32)33)19-34-14-7-4-8-15-34/h3,5-6,9-13,16-18H,4,7-8,14-15,19H2,1-2H3/b27-17-. The Hall–Kier alpha value is -2.57. The number of rotatable bonds is 6. The molecular formula is C29H29BrF3NO. The second kappa shape index (κ2) is 11.0. The van der Waals surface area contributed by atoms with Crippen molar-refractivity contribution in [1.82, 2.24) is 4.90 Å². The van der Waals surface area contributed by atoms with Gasteiger partial charge in [-0.25, -0.2) is 0 Å². The van der Waals surface area contributed by atoms with Crippen molar-refractivity contribution in [2.24, 2.45) is 0 Å². The van der Waals surface area contributed by atoms with Crippen molar-refractivity contribution in [2.75, 3.05) is 20.2 Å². The molecular weight excluding hydrogens is 515 g/mol. The smallest absolute Gasteiger partial charge is 0.417 e. The number of halogens is 4. The van der Waals surface area contributed by atoms with Gasteiger partial charge in [0.25, 0.3) is 0 Å². The van der Waals surface area contributed by atoms with Crippen LogP contribution >= 0.6 is 15.9 Å². The average molecular weight is 544 g/mol. The molecule has 0 N–H and O–H groups in total. The first-order valence-corrected chi connectivity index (χ1v) is 12.6. The summed E-state index contributed by atoms with van der Waals surface area (Å²) in [4.78, 5) is 2.20. The highest BCUT2D eigenvalue weighted by molar-refractivity contribution is 9.15. The van der Waals surface area contributed by atoms with Crippen LogP contribution in [0.2, 0.25) is 0 Å². The quantitative estimate of drug-likeness (QED) is 0.288. The van der Waals surface area contributed by atoms with E-state index < -0.39 is 11.7 Å². The van der Waals surface area contributed by atoms with Gasteiger partial charge in [-0.1, -0.05) is 70.9 Å². The van der Waals surface area contributed by atoms with Crippen molar-refractivity contribution >= 4 is 26.5 Å². The minimum atomic E-state index is -4.49. The van der Waals surface area contributed by atoms with Crippen LogP contribution in [0.15, 0.2) is 60.7 Å². The molecule has 1 fully saturated rings. The highest BCUT2D eigenvalue weighted by Gasteiger charge is 2.35. The molecule has 2 nitrogen and oxygen atoms in total. The molecule has 184 valence electrons. The molecule has 35 heavy (non-hydrogen) atoms. The molecule has 1 aliphatic heterocycles. The predicted octanol–water partition coefficient (Wildman–Crippen LogP) is 8.57. The summed E-state index contributed by atoms with van der Waals surface area (Å²) in [5.74, 6) is 0.471. The van der Waals surface area contributed by atoms with Gasteiger partial charge in [0.1, 0.15) is 5.75 Å². The Labute approximate surface area is 213 Å². The van der Waals surface area contributed by atoms with Gasteiger partial charge in [0.15, 0.2) is 0 Å². The number of hydrogen-bond donors (Lipinski definition) is 0. The molecule has 1 heterocycles. The van der Waals surface area contributed by atoms with Crippen molar-refractivity contribution in [3.63, 3.8) is 0 Å². The normalized spacial score (nSPS) is 15.3. The molecule has 0 unspecified atom stereocenters. The number of piperidine rings is 1. The fourth-order valence-electron chi connectivity index (χ4n) is 4.68. The molecule has 3 aromatic rings. The van der Waals surface area contributed by atoms with E-state index >= 15 is 0 Å². The third-order valence-corrected chi connectivity index (χ3v) is 7.22. The number of nitrogens with zero attached hydrogens (tertiary/aromatic N) is 1. The van der Waals surface area contributed by atoms with Crippen molar-refractivity contribution in [3.8, 4) is 16.9 Å². The minimum absolute atomic E-state index is 0.0706. The second-order valence-corrected chi connectivity index (χ2v) is 9.78. The maximum atomic E-state index is 14.2. The fraction of sp³-hybridized carbons (Fsp3) is 0.310. The second-order valence-electron chi connectivity index (χ2n) is 8.92. The molecule has 0 spiro atoms. The summed E-state index contributed by atoms with van der Waals surface area (Å²) in [6.07, 6.45) is 0.579. The maximum Gasteiger partial charge on any atom is 0.417 e. The zero-order valence-corrected chi connectivity index (χ0v) is 21.5. The molecule has 1 saturated heterocycles. The first-order valence-electron chi connectivity index (χ1n) is 11.8. The minimum Gasteiger partial charge on any atom is -0.496 e. The van der Waals surface area contributed by atoms with Gasteiger partial charge in [-0.2, -0.15) is 13.2 Å². The predicted molar refractivity (Wildman–Crippen MR) is 141 cm³/mol. The topological polar surface area (TPSA) is 12.5 Å². The summed E-state index contributed by atoms with van der Waals surface area (Å²) in [6, 6.07) is 18.6. The molecule has 0 bridgehead atoms. The molecule has 0 saturated carbocycles. The van der Waals surface area contributed by atoms with Gasteiger partial charge in [-0.15, -0.1) is 0 Å². The molecule has 0 atom stereocenters. The molecule has 6 heteroatoms. The number of alkyl halides is 3. The summed E-state index contributed by atoms with van der Waals surface area (Å²) >= 11 is 3.46. The lowest BCUT2D eigenvalue weighted by Gasteiger charge is -2.28. The van der Waals surface area contributed by atoms with Crippen LogP contribution in [-0.4, -0.2) is 25.1 Å². The Morgan fingerprint density at radius 3 is 2.37 bits per heavy atom. The van der Waals surface area contributed by atoms with Crippen LogP contribution in [0.25, 0.3) is 21.7 Å². The Morgan fingerprint density at radius 1 is 1.00 bits per heavy atom. The number of methoxy groups -OCH3 is 1. The van der Waals surface area contributed by atoms with Crippen LogP contribution in [0, 0.1) is 6.92 Å². The summed E-state index contributed by atoms with van der Waals surface area (Å²) in [5, 5.41) is 0. The van der Waals surface area contributed by atoms with E-state index in [0.29, 0.717) is 22.3 Å². The molecule has 0 aliphatic carbocycles. The summed E-state index contributed by atoms with van der Waals surface area (Å²) < 4.78 is 48.5. The molecule has 0 aromatic heterocycles. The van der Waals surface area contributed by atoms with Gasteiger partial charge < -0.3 is 4.74 Å². The maximum absolute atomic E-state index is 14.2. The summed E-state index contributed by atoms with van der Waals surface area (Å²) in [5.41, 5.74) is 3.93. The van der Waals surface area contributed by atoms with E-state index in [4.69, 9.17) is 4.74 Å². The van der Waals surface area contributed by atoms with Crippen LogP contribution in [0.3, 0.4) is 0 Å². The monoisotopic (exact) mass is 543 g/mol. The van der Waals surface area contributed by atoms with Crippen LogP contribution in [0.4, 0.5) is 13.2 Å². The third kappa shape index (κ3) is 5.99. The van der Waals surface area contributed by atoms with Crippen LogP contribution in [-0.2, 0) is 12.7 Å². The van der Waals surface area contributed by atoms with Gasteiger partial charge >= 0.3 is 6.18 Å². The highest BCUT2D eigenvalue weighted by atomic mass is 79.9. The molecule has 0 radical (unpaired) electrons. The molecule has 4 rings (SSSR count).